The lowest BCUT2D eigenvalue weighted by Crippen LogP contribution is -2.01. The van der Waals surface area contributed by atoms with Crippen LogP contribution in [0, 0.1) is 6.92 Å². The van der Waals surface area contributed by atoms with E-state index in [0.717, 1.165) is 16.9 Å². The number of carbonyl (C=O) groups excluding carboxylic acids is 1. The van der Waals surface area contributed by atoms with Crippen molar-refractivity contribution in [2.45, 2.75) is 6.92 Å². The minimum atomic E-state index is -0.679. The van der Waals surface area contributed by atoms with Gasteiger partial charge in [-0.25, -0.2) is 4.79 Å². The van der Waals surface area contributed by atoms with Crippen LogP contribution in [0.25, 0.3) is 16.5 Å². The molecule has 0 saturated carbocycles. The fourth-order valence-corrected chi connectivity index (χ4v) is 1.43. The zero-order valence-corrected chi connectivity index (χ0v) is 10.4. The lowest BCUT2D eigenvalue weighted by atomic mass is 10.1. The average Bonchev–Trinajstić information content (AvgIpc) is 2.37. The number of hydrogen-bond acceptors (Lipinski definition) is 4. The highest BCUT2D eigenvalue weighted by Crippen LogP contribution is 2.20. The summed E-state index contributed by atoms with van der Waals surface area (Å²) in [6.45, 7) is 1.88. The van der Waals surface area contributed by atoms with Crippen molar-refractivity contribution in [3.8, 4) is 5.75 Å². The van der Waals surface area contributed by atoms with E-state index in [1.807, 2.05) is 13.0 Å². The molecule has 0 aromatic heterocycles. The molecule has 94 valence electrons. The maximum atomic E-state index is 11.3. The number of azide groups is 1. The van der Waals surface area contributed by atoms with Gasteiger partial charge in [0.15, 0.2) is 0 Å². The van der Waals surface area contributed by atoms with Crippen molar-refractivity contribution in [3.05, 3.63) is 45.5 Å². The van der Waals surface area contributed by atoms with Crippen molar-refractivity contribution in [1.29, 1.82) is 0 Å². The van der Waals surface area contributed by atoms with Gasteiger partial charge in [-0.3, -0.25) is 0 Å². The molecular formula is C12H13N3O3. The largest absolute Gasteiger partial charge is 0.496 e. The second-order valence-corrected chi connectivity index (χ2v) is 3.44. The maximum absolute atomic E-state index is 11.3. The number of hydrogen-bond donors (Lipinski definition) is 0. The Kier molecular flexibility index (Phi) is 4.78. The molecule has 0 bridgehead atoms. The first-order chi connectivity index (χ1) is 8.62. The normalized spacial score (nSPS) is 10.5. The molecule has 0 aliphatic heterocycles. The minimum Gasteiger partial charge on any atom is -0.496 e. The van der Waals surface area contributed by atoms with E-state index < -0.39 is 5.97 Å². The molecule has 0 atom stereocenters. The fraction of sp³-hybridized carbons (Fsp3) is 0.250. The second kappa shape index (κ2) is 6.32. The summed E-state index contributed by atoms with van der Waals surface area (Å²) in [7, 11) is 2.81. The van der Waals surface area contributed by atoms with Gasteiger partial charge in [0.2, 0.25) is 0 Å². The van der Waals surface area contributed by atoms with Gasteiger partial charge >= 0.3 is 5.97 Å². The summed E-state index contributed by atoms with van der Waals surface area (Å²) in [6, 6.07) is 5.34. The van der Waals surface area contributed by atoms with E-state index >= 15 is 0 Å². The zero-order chi connectivity index (χ0) is 13.5. The van der Waals surface area contributed by atoms with Crippen LogP contribution in [0.3, 0.4) is 0 Å². The molecule has 0 N–H and O–H groups in total. The van der Waals surface area contributed by atoms with Gasteiger partial charge in [0.25, 0.3) is 0 Å². The van der Waals surface area contributed by atoms with Crippen molar-refractivity contribution in [1.82, 2.24) is 0 Å². The van der Waals surface area contributed by atoms with Crippen LogP contribution in [0.5, 0.6) is 5.75 Å². The molecule has 1 aromatic rings. The minimum absolute atomic E-state index is 0.0930. The Morgan fingerprint density at radius 1 is 1.44 bits per heavy atom. The highest BCUT2D eigenvalue weighted by molar-refractivity contribution is 5.93. The van der Waals surface area contributed by atoms with Crippen LogP contribution >= 0.6 is 0 Å². The van der Waals surface area contributed by atoms with E-state index in [1.165, 1.54) is 13.2 Å². The molecule has 6 heteroatoms. The van der Waals surface area contributed by atoms with Gasteiger partial charge < -0.3 is 9.47 Å². The zero-order valence-electron chi connectivity index (χ0n) is 10.4. The number of methoxy groups -OCH3 is 2. The summed E-state index contributed by atoms with van der Waals surface area (Å²) < 4.78 is 9.64. The number of carbonyl (C=O) groups is 1. The van der Waals surface area contributed by atoms with Crippen molar-refractivity contribution in [2.24, 2.45) is 5.11 Å². The fourth-order valence-electron chi connectivity index (χ4n) is 1.43. The van der Waals surface area contributed by atoms with E-state index in [2.05, 4.69) is 14.8 Å². The van der Waals surface area contributed by atoms with E-state index in [1.54, 1.807) is 19.2 Å². The van der Waals surface area contributed by atoms with Crippen molar-refractivity contribution >= 4 is 12.0 Å². The monoisotopic (exact) mass is 247 g/mol. The van der Waals surface area contributed by atoms with Crippen LogP contribution in [0.4, 0.5) is 0 Å². The third kappa shape index (κ3) is 3.26. The third-order valence-electron chi connectivity index (χ3n) is 2.27. The Morgan fingerprint density at radius 3 is 2.67 bits per heavy atom. The van der Waals surface area contributed by atoms with Crippen LogP contribution in [0.1, 0.15) is 11.1 Å². The first-order valence-corrected chi connectivity index (χ1v) is 5.12. The molecule has 0 spiro atoms. The predicted molar refractivity (Wildman–Crippen MR) is 66.9 cm³/mol. The van der Waals surface area contributed by atoms with Crippen LogP contribution in [-0.2, 0) is 9.53 Å². The quantitative estimate of drug-likeness (QED) is 0.269. The molecule has 1 aromatic carbocycles. The van der Waals surface area contributed by atoms with Gasteiger partial charge in [-0.1, -0.05) is 11.2 Å². The molecule has 0 aliphatic carbocycles. The average molecular weight is 247 g/mol. The van der Waals surface area contributed by atoms with Gasteiger partial charge in [-0.2, -0.15) is 0 Å². The van der Waals surface area contributed by atoms with Crippen molar-refractivity contribution < 1.29 is 14.3 Å². The number of esters is 1. The van der Waals surface area contributed by atoms with E-state index in [0.29, 0.717) is 0 Å². The van der Waals surface area contributed by atoms with Gasteiger partial charge in [0, 0.05) is 4.91 Å². The first-order valence-electron chi connectivity index (χ1n) is 5.12. The summed E-state index contributed by atoms with van der Waals surface area (Å²) in [6.07, 6.45) is 1.46. The topological polar surface area (TPSA) is 84.3 Å². The third-order valence-corrected chi connectivity index (χ3v) is 2.27. The summed E-state index contributed by atoms with van der Waals surface area (Å²) >= 11 is 0. The standard InChI is InChI=1S/C12H13N3O3/c1-8-6-9(4-5-11(8)17-2)7-10(14-15-13)12(16)18-3/h4-7H,1-3H3/b10-7+. The summed E-state index contributed by atoms with van der Waals surface area (Å²) in [5.41, 5.74) is 9.93. The Labute approximate surface area is 104 Å². The number of nitrogens with zero attached hydrogens (tertiary/aromatic N) is 3. The molecule has 0 heterocycles. The van der Waals surface area contributed by atoms with Gasteiger partial charge in [0.1, 0.15) is 11.4 Å². The number of aryl methyl sites for hydroxylation is 1. The molecule has 0 radical (unpaired) electrons. The number of rotatable bonds is 4. The molecule has 0 aliphatic rings. The van der Waals surface area contributed by atoms with Gasteiger partial charge in [-0.15, -0.1) is 0 Å². The predicted octanol–water partition coefficient (Wildman–Crippen LogP) is 2.83. The van der Waals surface area contributed by atoms with Crippen LogP contribution in [-0.4, -0.2) is 20.2 Å². The SMILES string of the molecule is COC(=O)/C(=C\c1ccc(OC)c(C)c1)N=[N+]=[N-]. The molecule has 0 saturated heterocycles. The number of benzene rings is 1. The smallest absolute Gasteiger partial charge is 0.340 e. The molecule has 1 rings (SSSR count). The van der Waals surface area contributed by atoms with E-state index in [4.69, 9.17) is 10.3 Å². The van der Waals surface area contributed by atoms with Crippen LogP contribution in [0.15, 0.2) is 29.0 Å². The van der Waals surface area contributed by atoms with Crippen molar-refractivity contribution in [2.75, 3.05) is 14.2 Å². The van der Waals surface area contributed by atoms with Gasteiger partial charge in [-0.05, 0) is 41.8 Å². The molecule has 18 heavy (non-hydrogen) atoms. The Morgan fingerprint density at radius 2 is 2.17 bits per heavy atom. The molecule has 0 amide bonds. The Hall–Kier alpha value is -2.46. The second-order valence-electron chi connectivity index (χ2n) is 3.44. The Bertz CT molecular complexity index is 531. The van der Waals surface area contributed by atoms with Crippen molar-refractivity contribution in [3.63, 3.8) is 0 Å². The molecular weight excluding hydrogens is 234 g/mol. The summed E-state index contributed by atoms with van der Waals surface area (Å²) in [5.74, 6) is 0.0665. The maximum Gasteiger partial charge on any atom is 0.340 e. The summed E-state index contributed by atoms with van der Waals surface area (Å²) in [4.78, 5) is 13.9. The van der Waals surface area contributed by atoms with E-state index in [9.17, 15) is 4.79 Å². The number of ether oxygens (including phenoxy) is 2. The Balaban J connectivity index is 3.16. The molecule has 0 fully saturated rings. The highest BCUT2D eigenvalue weighted by atomic mass is 16.5. The first kappa shape index (κ1) is 13.6. The lowest BCUT2D eigenvalue weighted by molar-refractivity contribution is -0.136. The molecule has 6 nitrogen and oxygen atoms in total. The lowest BCUT2D eigenvalue weighted by Gasteiger charge is -2.05. The highest BCUT2D eigenvalue weighted by Gasteiger charge is 2.07. The van der Waals surface area contributed by atoms with E-state index in [-0.39, 0.29) is 5.70 Å². The van der Waals surface area contributed by atoms with Crippen LogP contribution in [0.2, 0.25) is 0 Å². The molecule has 0 unspecified atom stereocenters. The van der Waals surface area contributed by atoms with Gasteiger partial charge in [0.05, 0.1) is 14.2 Å². The van der Waals surface area contributed by atoms with Crippen LogP contribution < -0.4 is 4.74 Å². The summed E-state index contributed by atoms with van der Waals surface area (Å²) in [5, 5.41) is 3.30.